The van der Waals surface area contributed by atoms with Crippen molar-refractivity contribution in [3.63, 3.8) is 0 Å². The van der Waals surface area contributed by atoms with E-state index in [4.69, 9.17) is 0 Å². The SMILES string of the molecule is OC(COCC(F)(F)F)Cc1ccc(F)cc1F. The molecule has 0 heterocycles. The van der Waals surface area contributed by atoms with E-state index in [1.807, 2.05) is 0 Å². The molecule has 7 heteroatoms. The monoisotopic (exact) mass is 270 g/mol. The predicted octanol–water partition coefficient (Wildman–Crippen LogP) is 2.45. The molecule has 1 unspecified atom stereocenters. The van der Waals surface area contributed by atoms with E-state index >= 15 is 0 Å². The standard InChI is InChI=1S/C11H11F5O2/c12-8-2-1-7(10(13)4-8)3-9(17)5-18-6-11(14,15)16/h1-2,4,9,17H,3,5-6H2. The van der Waals surface area contributed by atoms with Crippen LogP contribution >= 0.6 is 0 Å². The fourth-order valence-corrected chi connectivity index (χ4v) is 1.31. The summed E-state index contributed by atoms with van der Waals surface area (Å²) in [6.45, 7) is -2.05. The van der Waals surface area contributed by atoms with Gasteiger partial charge in [0.15, 0.2) is 0 Å². The zero-order valence-electron chi connectivity index (χ0n) is 9.18. The van der Waals surface area contributed by atoms with Gasteiger partial charge < -0.3 is 9.84 Å². The van der Waals surface area contributed by atoms with E-state index in [0.717, 1.165) is 12.1 Å². The normalized spacial score (nSPS) is 13.7. The number of rotatable bonds is 5. The number of alkyl halides is 3. The number of hydrogen-bond donors (Lipinski definition) is 1. The first-order valence-corrected chi connectivity index (χ1v) is 5.04. The Labute approximate surface area is 100.0 Å². The maximum absolute atomic E-state index is 13.2. The highest BCUT2D eigenvalue weighted by Crippen LogP contribution is 2.15. The first-order chi connectivity index (χ1) is 8.28. The molecule has 102 valence electrons. The Morgan fingerprint density at radius 2 is 1.89 bits per heavy atom. The smallest absolute Gasteiger partial charge is 0.390 e. The van der Waals surface area contributed by atoms with E-state index in [-0.39, 0.29) is 12.0 Å². The van der Waals surface area contributed by atoms with Crippen molar-refractivity contribution in [2.75, 3.05) is 13.2 Å². The summed E-state index contributed by atoms with van der Waals surface area (Å²) in [5.74, 6) is -1.62. The largest absolute Gasteiger partial charge is 0.411 e. The summed E-state index contributed by atoms with van der Waals surface area (Å²) in [6.07, 6.45) is -6.00. The number of benzene rings is 1. The Bertz CT molecular complexity index is 392. The van der Waals surface area contributed by atoms with Crippen molar-refractivity contribution in [3.05, 3.63) is 35.4 Å². The molecule has 2 nitrogen and oxygen atoms in total. The zero-order valence-corrected chi connectivity index (χ0v) is 9.18. The van der Waals surface area contributed by atoms with Crippen LogP contribution in [0.3, 0.4) is 0 Å². The van der Waals surface area contributed by atoms with Gasteiger partial charge in [-0.2, -0.15) is 13.2 Å². The minimum absolute atomic E-state index is 0.0134. The van der Waals surface area contributed by atoms with Crippen LogP contribution in [0.1, 0.15) is 5.56 Å². The topological polar surface area (TPSA) is 29.5 Å². The highest BCUT2D eigenvalue weighted by molar-refractivity contribution is 5.19. The van der Waals surface area contributed by atoms with Gasteiger partial charge in [0.2, 0.25) is 0 Å². The Morgan fingerprint density at radius 1 is 1.22 bits per heavy atom. The highest BCUT2D eigenvalue weighted by atomic mass is 19.4. The van der Waals surface area contributed by atoms with E-state index in [0.29, 0.717) is 6.07 Å². The highest BCUT2D eigenvalue weighted by Gasteiger charge is 2.27. The van der Waals surface area contributed by atoms with Gasteiger partial charge in [-0.05, 0) is 11.6 Å². The Balaban J connectivity index is 2.42. The van der Waals surface area contributed by atoms with Gasteiger partial charge in [0, 0.05) is 12.5 Å². The first-order valence-electron chi connectivity index (χ1n) is 5.04. The number of halogens is 5. The maximum Gasteiger partial charge on any atom is 0.411 e. The molecule has 1 rings (SSSR count). The van der Waals surface area contributed by atoms with Crippen LogP contribution in [-0.2, 0) is 11.2 Å². The van der Waals surface area contributed by atoms with E-state index in [2.05, 4.69) is 4.74 Å². The van der Waals surface area contributed by atoms with Gasteiger partial charge >= 0.3 is 6.18 Å². The van der Waals surface area contributed by atoms with Crippen molar-refractivity contribution in [1.82, 2.24) is 0 Å². The molecule has 0 saturated carbocycles. The first kappa shape index (κ1) is 14.8. The predicted molar refractivity (Wildman–Crippen MR) is 52.9 cm³/mol. The van der Waals surface area contributed by atoms with Crippen LogP contribution in [0.5, 0.6) is 0 Å². The van der Waals surface area contributed by atoms with Crippen molar-refractivity contribution in [2.45, 2.75) is 18.7 Å². The third-order valence-corrected chi connectivity index (χ3v) is 2.05. The summed E-state index contributed by atoms with van der Waals surface area (Å²) in [7, 11) is 0. The van der Waals surface area contributed by atoms with Gasteiger partial charge in [-0.3, -0.25) is 0 Å². The molecule has 1 atom stereocenters. The van der Waals surface area contributed by atoms with Crippen LogP contribution in [0, 0.1) is 11.6 Å². The van der Waals surface area contributed by atoms with Gasteiger partial charge in [0.25, 0.3) is 0 Å². The molecular weight excluding hydrogens is 259 g/mol. The summed E-state index contributed by atoms with van der Waals surface area (Å²) < 4.78 is 65.1. The lowest BCUT2D eigenvalue weighted by Gasteiger charge is -2.13. The van der Waals surface area contributed by atoms with Crippen LogP contribution in [0.25, 0.3) is 0 Å². The Hall–Kier alpha value is -1.21. The average Bonchev–Trinajstić information content (AvgIpc) is 2.20. The van der Waals surface area contributed by atoms with E-state index in [1.54, 1.807) is 0 Å². The summed E-state index contributed by atoms with van der Waals surface area (Å²) in [5.41, 5.74) is 0.0134. The summed E-state index contributed by atoms with van der Waals surface area (Å²) in [5, 5.41) is 9.34. The van der Waals surface area contributed by atoms with Crippen LogP contribution < -0.4 is 0 Å². The van der Waals surface area contributed by atoms with Gasteiger partial charge in [0.05, 0.1) is 12.7 Å². The second-order valence-corrected chi connectivity index (χ2v) is 3.72. The minimum atomic E-state index is -4.47. The molecule has 1 aromatic carbocycles. The molecule has 0 amide bonds. The van der Waals surface area contributed by atoms with Crippen LogP contribution in [0.2, 0.25) is 0 Å². The molecule has 0 bridgehead atoms. The number of aliphatic hydroxyl groups is 1. The fourth-order valence-electron chi connectivity index (χ4n) is 1.31. The molecule has 1 N–H and O–H groups in total. The molecule has 18 heavy (non-hydrogen) atoms. The second-order valence-electron chi connectivity index (χ2n) is 3.72. The zero-order chi connectivity index (χ0) is 13.8. The van der Waals surface area contributed by atoms with Crippen LogP contribution in [0.15, 0.2) is 18.2 Å². The molecular formula is C11H11F5O2. The lowest BCUT2D eigenvalue weighted by atomic mass is 10.1. The summed E-state index contributed by atoms with van der Waals surface area (Å²) in [6, 6.07) is 2.76. The molecule has 0 aliphatic carbocycles. The Kier molecular flexibility index (Phi) is 5.03. The van der Waals surface area contributed by atoms with Crippen molar-refractivity contribution in [3.8, 4) is 0 Å². The lowest BCUT2D eigenvalue weighted by molar-refractivity contribution is -0.179. The van der Waals surface area contributed by atoms with Crippen LogP contribution in [0.4, 0.5) is 22.0 Å². The van der Waals surface area contributed by atoms with Crippen molar-refractivity contribution < 1.29 is 31.8 Å². The number of hydrogen-bond acceptors (Lipinski definition) is 2. The lowest BCUT2D eigenvalue weighted by Crippen LogP contribution is -2.24. The van der Waals surface area contributed by atoms with Crippen molar-refractivity contribution in [1.29, 1.82) is 0 Å². The molecule has 0 aromatic heterocycles. The van der Waals surface area contributed by atoms with Gasteiger partial charge in [-0.1, -0.05) is 6.07 Å². The third-order valence-electron chi connectivity index (χ3n) is 2.05. The fraction of sp³-hybridized carbons (Fsp3) is 0.455. The summed E-state index contributed by atoms with van der Waals surface area (Å²) in [4.78, 5) is 0. The van der Waals surface area contributed by atoms with Crippen LogP contribution in [-0.4, -0.2) is 30.6 Å². The van der Waals surface area contributed by atoms with E-state index in [9.17, 15) is 27.1 Å². The minimum Gasteiger partial charge on any atom is -0.390 e. The van der Waals surface area contributed by atoms with E-state index < -0.39 is 37.1 Å². The van der Waals surface area contributed by atoms with Gasteiger partial charge in [-0.25, -0.2) is 8.78 Å². The molecule has 0 fully saturated rings. The second kappa shape index (κ2) is 6.10. The quantitative estimate of drug-likeness (QED) is 0.833. The number of ether oxygens (including phenoxy) is 1. The van der Waals surface area contributed by atoms with Gasteiger partial charge in [-0.15, -0.1) is 0 Å². The molecule has 0 radical (unpaired) electrons. The molecule has 0 aliphatic rings. The average molecular weight is 270 g/mol. The molecule has 0 spiro atoms. The maximum atomic E-state index is 13.2. The van der Waals surface area contributed by atoms with Crippen molar-refractivity contribution >= 4 is 0 Å². The molecule has 1 aromatic rings. The number of aliphatic hydroxyl groups excluding tert-OH is 1. The van der Waals surface area contributed by atoms with E-state index in [1.165, 1.54) is 0 Å². The van der Waals surface area contributed by atoms with Gasteiger partial charge in [0.1, 0.15) is 18.2 Å². The molecule has 0 saturated heterocycles. The Morgan fingerprint density at radius 3 is 2.44 bits per heavy atom. The molecule has 0 aliphatic heterocycles. The van der Waals surface area contributed by atoms with Crippen molar-refractivity contribution in [2.24, 2.45) is 0 Å². The third kappa shape index (κ3) is 5.42. The summed E-state index contributed by atoms with van der Waals surface area (Å²) >= 11 is 0.